The van der Waals surface area contributed by atoms with Gasteiger partial charge in [-0.15, -0.1) is 0 Å². The third-order valence-corrected chi connectivity index (χ3v) is 2.92. The maximum absolute atomic E-state index is 5.80. The summed E-state index contributed by atoms with van der Waals surface area (Å²) in [4.78, 5) is 0. The summed E-state index contributed by atoms with van der Waals surface area (Å²) in [5.41, 5.74) is 8.57. The molecule has 0 aliphatic heterocycles. The molecular weight excluding hydrogens is 254 g/mol. The van der Waals surface area contributed by atoms with Crippen molar-refractivity contribution < 1.29 is 14.2 Å². The first-order valence-electron chi connectivity index (χ1n) is 6.35. The topological polar surface area (TPSA) is 53.7 Å². The fourth-order valence-corrected chi connectivity index (χ4v) is 1.90. The Morgan fingerprint density at radius 3 is 2.10 bits per heavy atom. The van der Waals surface area contributed by atoms with E-state index in [0.29, 0.717) is 18.9 Å². The molecule has 0 aromatic heterocycles. The highest BCUT2D eigenvalue weighted by atomic mass is 16.5. The second kappa shape index (κ2) is 6.82. The number of anilines is 1. The van der Waals surface area contributed by atoms with Crippen molar-refractivity contribution in [1.82, 2.24) is 0 Å². The van der Waals surface area contributed by atoms with Gasteiger partial charge in [0, 0.05) is 11.8 Å². The van der Waals surface area contributed by atoms with Crippen LogP contribution in [-0.4, -0.2) is 14.2 Å². The van der Waals surface area contributed by atoms with Crippen molar-refractivity contribution in [2.75, 3.05) is 20.0 Å². The molecule has 0 unspecified atom stereocenters. The first-order chi connectivity index (χ1) is 9.71. The smallest absolute Gasteiger partial charge is 0.121 e. The third-order valence-electron chi connectivity index (χ3n) is 2.92. The summed E-state index contributed by atoms with van der Waals surface area (Å²) >= 11 is 0. The van der Waals surface area contributed by atoms with Gasteiger partial charge >= 0.3 is 0 Å². The normalized spacial score (nSPS) is 10.3. The molecule has 2 aromatic carbocycles. The highest BCUT2D eigenvalue weighted by Crippen LogP contribution is 2.19. The minimum Gasteiger partial charge on any atom is -0.497 e. The average Bonchev–Trinajstić information content (AvgIpc) is 2.47. The lowest BCUT2D eigenvalue weighted by Crippen LogP contribution is -1.97. The van der Waals surface area contributed by atoms with E-state index in [-0.39, 0.29) is 0 Å². The molecule has 0 fully saturated rings. The van der Waals surface area contributed by atoms with Gasteiger partial charge in [-0.2, -0.15) is 0 Å². The van der Waals surface area contributed by atoms with E-state index in [9.17, 15) is 0 Å². The van der Waals surface area contributed by atoms with Crippen LogP contribution < -0.4 is 15.2 Å². The molecule has 0 bridgehead atoms. The summed E-state index contributed by atoms with van der Waals surface area (Å²) in [5.74, 6) is 1.59. The van der Waals surface area contributed by atoms with Crippen LogP contribution in [0.25, 0.3) is 0 Å². The van der Waals surface area contributed by atoms with E-state index in [1.54, 1.807) is 20.3 Å². The number of methoxy groups -OCH3 is 2. The predicted octanol–water partition coefficient (Wildman–Crippen LogP) is 3.00. The maximum Gasteiger partial charge on any atom is 0.121 e. The van der Waals surface area contributed by atoms with Crippen LogP contribution in [0, 0.1) is 0 Å². The van der Waals surface area contributed by atoms with Crippen molar-refractivity contribution >= 4 is 5.69 Å². The molecule has 0 aliphatic carbocycles. The quantitative estimate of drug-likeness (QED) is 0.822. The molecule has 0 radical (unpaired) electrons. The van der Waals surface area contributed by atoms with Gasteiger partial charge in [-0.25, -0.2) is 0 Å². The Labute approximate surface area is 119 Å². The molecule has 2 aromatic rings. The van der Waals surface area contributed by atoms with Crippen LogP contribution in [0.4, 0.5) is 5.69 Å². The van der Waals surface area contributed by atoms with Gasteiger partial charge in [-0.05, 0) is 35.4 Å². The van der Waals surface area contributed by atoms with Crippen LogP contribution in [0.1, 0.15) is 11.1 Å². The molecule has 0 saturated heterocycles. The first-order valence-corrected chi connectivity index (χ1v) is 6.35. The molecule has 2 rings (SSSR count). The molecule has 0 amide bonds. The average molecular weight is 273 g/mol. The molecule has 2 N–H and O–H groups in total. The van der Waals surface area contributed by atoms with Crippen molar-refractivity contribution in [2.24, 2.45) is 0 Å². The molecule has 0 spiro atoms. The molecule has 4 heteroatoms. The van der Waals surface area contributed by atoms with Crippen LogP contribution in [0.15, 0.2) is 42.5 Å². The first kappa shape index (κ1) is 14.2. The predicted molar refractivity (Wildman–Crippen MR) is 78.9 cm³/mol. The van der Waals surface area contributed by atoms with E-state index in [1.807, 2.05) is 36.4 Å². The fraction of sp³-hybridized carbons (Fsp3) is 0.250. The molecule has 106 valence electrons. The summed E-state index contributed by atoms with van der Waals surface area (Å²) in [5, 5.41) is 0. The molecule has 0 heterocycles. The zero-order chi connectivity index (χ0) is 14.4. The third kappa shape index (κ3) is 3.90. The standard InChI is InChI=1S/C16H19NO3/c1-18-15-5-3-12(4-6-15)10-20-11-13-7-14(17)9-16(8-13)19-2/h3-9H,10-11,17H2,1-2H3. The van der Waals surface area contributed by atoms with Gasteiger partial charge in [-0.1, -0.05) is 12.1 Å². The van der Waals surface area contributed by atoms with Crippen molar-refractivity contribution in [3.8, 4) is 11.5 Å². The summed E-state index contributed by atoms with van der Waals surface area (Å²) in [7, 11) is 3.27. The SMILES string of the molecule is COc1ccc(COCc2cc(N)cc(OC)c2)cc1. The number of nitrogens with two attached hydrogens (primary N) is 1. The van der Waals surface area contributed by atoms with E-state index in [2.05, 4.69) is 0 Å². The van der Waals surface area contributed by atoms with Crippen molar-refractivity contribution in [3.05, 3.63) is 53.6 Å². The van der Waals surface area contributed by atoms with E-state index < -0.39 is 0 Å². The monoisotopic (exact) mass is 273 g/mol. The number of rotatable bonds is 6. The van der Waals surface area contributed by atoms with Gasteiger partial charge in [0.2, 0.25) is 0 Å². The molecule has 0 aliphatic rings. The van der Waals surface area contributed by atoms with Crippen LogP contribution in [0.5, 0.6) is 11.5 Å². The zero-order valence-corrected chi connectivity index (χ0v) is 11.8. The van der Waals surface area contributed by atoms with Gasteiger partial charge in [0.15, 0.2) is 0 Å². The summed E-state index contributed by atoms with van der Waals surface area (Å²) in [6, 6.07) is 13.4. The molecule has 0 atom stereocenters. The molecule has 20 heavy (non-hydrogen) atoms. The Balaban J connectivity index is 1.90. The van der Waals surface area contributed by atoms with E-state index in [1.165, 1.54) is 0 Å². The Morgan fingerprint density at radius 2 is 1.45 bits per heavy atom. The number of ether oxygens (including phenoxy) is 3. The zero-order valence-electron chi connectivity index (χ0n) is 11.8. The molecule has 4 nitrogen and oxygen atoms in total. The van der Waals surface area contributed by atoms with Crippen molar-refractivity contribution in [1.29, 1.82) is 0 Å². The van der Waals surface area contributed by atoms with Gasteiger partial charge in [0.1, 0.15) is 11.5 Å². The lowest BCUT2D eigenvalue weighted by atomic mass is 10.2. The number of benzene rings is 2. The Hall–Kier alpha value is -2.20. The summed E-state index contributed by atoms with van der Waals surface area (Å²) in [6.45, 7) is 1.04. The Kier molecular flexibility index (Phi) is 4.85. The van der Waals surface area contributed by atoms with Gasteiger partial charge < -0.3 is 19.9 Å². The fourth-order valence-electron chi connectivity index (χ4n) is 1.90. The van der Waals surface area contributed by atoms with E-state index >= 15 is 0 Å². The minimum absolute atomic E-state index is 0.493. The largest absolute Gasteiger partial charge is 0.497 e. The van der Waals surface area contributed by atoms with Crippen LogP contribution >= 0.6 is 0 Å². The Bertz CT molecular complexity index is 552. The number of hydrogen-bond acceptors (Lipinski definition) is 4. The second-order valence-corrected chi connectivity index (χ2v) is 4.46. The van der Waals surface area contributed by atoms with Crippen LogP contribution in [0.3, 0.4) is 0 Å². The summed E-state index contributed by atoms with van der Waals surface area (Å²) < 4.78 is 16.0. The lowest BCUT2D eigenvalue weighted by Gasteiger charge is -2.08. The van der Waals surface area contributed by atoms with E-state index in [4.69, 9.17) is 19.9 Å². The second-order valence-electron chi connectivity index (χ2n) is 4.46. The Morgan fingerprint density at radius 1 is 0.800 bits per heavy atom. The van der Waals surface area contributed by atoms with E-state index in [0.717, 1.165) is 22.6 Å². The highest BCUT2D eigenvalue weighted by Gasteiger charge is 2.00. The number of nitrogen functional groups attached to an aromatic ring is 1. The van der Waals surface area contributed by atoms with Gasteiger partial charge in [-0.3, -0.25) is 0 Å². The highest BCUT2D eigenvalue weighted by molar-refractivity contribution is 5.47. The maximum atomic E-state index is 5.80. The molecular formula is C16H19NO3. The van der Waals surface area contributed by atoms with Gasteiger partial charge in [0.05, 0.1) is 27.4 Å². The van der Waals surface area contributed by atoms with Crippen molar-refractivity contribution in [2.45, 2.75) is 13.2 Å². The van der Waals surface area contributed by atoms with Crippen LogP contribution in [-0.2, 0) is 18.0 Å². The number of hydrogen-bond donors (Lipinski definition) is 1. The van der Waals surface area contributed by atoms with Crippen LogP contribution in [0.2, 0.25) is 0 Å². The van der Waals surface area contributed by atoms with Crippen molar-refractivity contribution in [3.63, 3.8) is 0 Å². The molecule has 0 saturated carbocycles. The van der Waals surface area contributed by atoms with Gasteiger partial charge in [0.25, 0.3) is 0 Å². The summed E-state index contributed by atoms with van der Waals surface area (Å²) in [6.07, 6.45) is 0. The minimum atomic E-state index is 0.493. The lowest BCUT2D eigenvalue weighted by molar-refractivity contribution is 0.107.